The highest BCUT2D eigenvalue weighted by atomic mass is 19.1. The quantitative estimate of drug-likeness (QED) is 0.846. The molecule has 1 heterocycles. The Morgan fingerprint density at radius 1 is 1.52 bits per heavy atom. The van der Waals surface area contributed by atoms with Crippen molar-refractivity contribution in [2.45, 2.75) is 19.5 Å². The number of likely N-dealkylation sites (N-methyl/N-ethyl adjacent to an activating group) is 1. The SMILES string of the molecule is COc1ccc(F)cc1C(C(=O)O)N(C)CCn1ccnc1C. The van der Waals surface area contributed by atoms with E-state index in [0.29, 0.717) is 24.4 Å². The summed E-state index contributed by atoms with van der Waals surface area (Å²) in [5.74, 6) is -0.345. The third-order valence-electron chi connectivity index (χ3n) is 3.78. The Balaban J connectivity index is 2.22. The van der Waals surface area contributed by atoms with E-state index in [9.17, 15) is 14.3 Å². The Kier molecular flexibility index (Phi) is 5.33. The molecule has 0 saturated heterocycles. The van der Waals surface area contributed by atoms with Crippen LogP contribution in [0.3, 0.4) is 0 Å². The van der Waals surface area contributed by atoms with E-state index in [1.54, 1.807) is 18.1 Å². The fraction of sp³-hybridized carbons (Fsp3) is 0.375. The third kappa shape index (κ3) is 3.87. The van der Waals surface area contributed by atoms with Gasteiger partial charge in [-0.3, -0.25) is 9.69 Å². The molecule has 1 atom stereocenters. The molecule has 0 aliphatic carbocycles. The lowest BCUT2D eigenvalue weighted by Gasteiger charge is -2.26. The summed E-state index contributed by atoms with van der Waals surface area (Å²) < 4.78 is 20.7. The summed E-state index contributed by atoms with van der Waals surface area (Å²) in [7, 11) is 3.12. The molecule has 0 aliphatic rings. The maximum Gasteiger partial charge on any atom is 0.325 e. The predicted molar refractivity (Wildman–Crippen MR) is 82.9 cm³/mol. The summed E-state index contributed by atoms with van der Waals surface area (Å²) in [6, 6.07) is 2.89. The van der Waals surface area contributed by atoms with E-state index >= 15 is 0 Å². The second-order valence-electron chi connectivity index (χ2n) is 5.28. The smallest absolute Gasteiger partial charge is 0.325 e. The maximum atomic E-state index is 13.6. The highest BCUT2D eigenvalue weighted by molar-refractivity contribution is 5.76. The van der Waals surface area contributed by atoms with E-state index in [0.717, 1.165) is 5.82 Å². The van der Waals surface area contributed by atoms with Gasteiger partial charge in [0.1, 0.15) is 23.4 Å². The summed E-state index contributed by atoms with van der Waals surface area (Å²) in [5.41, 5.74) is 0.296. The third-order valence-corrected chi connectivity index (χ3v) is 3.78. The summed E-state index contributed by atoms with van der Waals surface area (Å²) in [6.45, 7) is 2.93. The molecule has 0 spiro atoms. The van der Waals surface area contributed by atoms with Crippen molar-refractivity contribution in [1.29, 1.82) is 0 Å². The molecule has 1 N–H and O–H groups in total. The molecule has 124 valence electrons. The summed E-state index contributed by atoms with van der Waals surface area (Å²) in [6.07, 6.45) is 3.53. The standard InChI is InChI=1S/C16H20FN3O3/c1-11-18-6-7-20(11)9-8-19(2)15(16(21)22)13-10-12(17)4-5-14(13)23-3/h4-7,10,15H,8-9H2,1-3H3,(H,21,22). The van der Waals surface area contributed by atoms with Crippen LogP contribution in [0.5, 0.6) is 5.75 Å². The van der Waals surface area contributed by atoms with Crippen LogP contribution in [0.4, 0.5) is 4.39 Å². The van der Waals surface area contributed by atoms with Crippen LogP contribution in [0.25, 0.3) is 0 Å². The van der Waals surface area contributed by atoms with E-state index in [1.807, 2.05) is 17.7 Å². The fourth-order valence-electron chi connectivity index (χ4n) is 2.51. The first-order valence-electron chi connectivity index (χ1n) is 7.18. The second kappa shape index (κ2) is 7.23. The van der Waals surface area contributed by atoms with Gasteiger partial charge in [-0.25, -0.2) is 9.37 Å². The Bertz CT molecular complexity index is 687. The maximum absolute atomic E-state index is 13.6. The number of hydrogen-bond acceptors (Lipinski definition) is 4. The van der Waals surface area contributed by atoms with Gasteiger partial charge < -0.3 is 14.4 Å². The molecule has 1 aromatic heterocycles. The zero-order valence-corrected chi connectivity index (χ0v) is 13.4. The Morgan fingerprint density at radius 3 is 2.83 bits per heavy atom. The number of halogens is 1. The number of hydrogen-bond donors (Lipinski definition) is 1. The number of aromatic nitrogens is 2. The average Bonchev–Trinajstić information content (AvgIpc) is 2.90. The van der Waals surface area contributed by atoms with Gasteiger partial charge in [0.25, 0.3) is 0 Å². The summed E-state index contributed by atoms with van der Waals surface area (Å²) >= 11 is 0. The lowest BCUT2D eigenvalue weighted by atomic mass is 10.0. The van der Waals surface area contributed by atoms with E-state index in [2.05, 4.69) is 4.98 Å². The average molecular weight is 321 g/mol. The monoisotopic (exact) mass is 321 g/mol. The molecule has 1 aromatic carbocycles. The van der Waals surface area contributed by atoms with Gasteiger partial charge in [0.15, 0.2) is 0 Å². The molecular weight excluding hydrogens is 301 g/mol. The minimum Gasteiger partial charge on any atom is -0.496 e. The summed E-state index contributed by atoms with van der Waals surface area (Å²) in [5, 5.41) is 9.58. The van der Waals surface area contributed by atoms with E-state index in [1.165, 1.54) is 25.3 Å². The number of carboxylic acids is 1. The zero-order chi connectivity index (χ0) is 17.0. The number of imidazole rings is 1. The Hall–Kier alpha value is -2.41. The van der Waals surface area contributed by atoms with Crippen LogP contribution in [-0.4, -0.2) is 46.2 Å². The van der Waals surface area contributed by atoms with Gasteiger partial charge in [-0.05, 0) is 32.2 Å². The number of benzene rings is 1. The lowest BCUT2D eigenvalue weighted by molar-refractivity contribution is -0.143. The van der Waals surface area contributed by atoms with Crippen LogP contribution < -0.4 is 4.74 Å². The molecule has 7 heteroatoms. The van der Waals surface area contributed by atoms with Crippen molar-refractivity contribution in [1.82, 2.24) is 14.5 Å². The first-order valence-corrected chi connectivity index (χ1v) is 7.18. The van der Waals surface area contributed by atoms with Crippen molar-refractivity contribution >= 4 is 5.97 Å². The second-order valence-corrected chi connectivity index (χ2v) is 5.28. The lowest BCUT2D eigenvalue weighted by Crippen LogP contribution is -2.33. The van der Waals surface area contributed by atoms with Gasteiger partial charge in [-0.1, -0.05) is 0 Å². The number of carboxylic acid groups (broad SMARTS) is 1. The molecule has 2 rings (SSSR count). The number of carbonyl (C=O) groups is 1. The van der Waals surface area contributed by atoms with Gasteiger partial charge in [-0.2, -0.15) is 0 Å². The first-order chi connectivity index (χ1) is 10.9. The van der Waals surface area contributed by atoms with Gasteiger partial charge in [0.2, 0.25) is 0 Å². The van der Waals surface area contributed by atoms with Crippen molar-refractivity contribution in [2.24, 2.45) is 0 Å². The number of nitrogens with zero attached hydrogens (tertiary/aromatic N) is 3. The van der Waals surface area contributed by atoms with Crippen LogP contribution in [0.15, 0.2) is 30.6 Å². The molecular formula is C16H20FN3O3. The van der Waals surface area contributed by atoms with Gasteiger partial charge in [0, 0.05) is 31.0 Å². The van der Waals surface area contributed by atoms with E-state index in [4.69, 9.17) is 4.74 Å². The summed E-state index contributed by atoms with van der Waals surface area (Å²) in [4.78, 5) is 17.5. The van der Waals surface area contributed by atoms with Crippen molar-refractivity contribution in [2.75, 3.05) is 20.7 Å². The van der Waals surface area contributed by atoms with Crippen LogP contribution in [0, 0.1) is 12.7 Å². The number of aryl methyl sites for hydroxylation is 1. The molecule has 0 bridgehead atoms. The number of methoxy groups -OCH3 is 1. The van der Waals surface area contributed by atoms with Crippen molar-refractivity contribution in [3.63, 3.8) is 0 Å². The topological polar surface area (TPSA) is 67.6 Å². The van der Waals surface area contributed by atoms with Gasteiger partial charge >= 0.3 is 5.97 Å². The normalized spacial score (nSPS) is 12.4. The molecule has 0 radical (unpaired) electrons. The molecule has 0 saturated carbocycles. The largest absolute Gasteiger partial charge is 0.496 e. The highest BCUT2D eigenvalue weighted by Gasteiger charge is 2.28. The predicted octanol–water partition coefficient (Wildman–Crippen LogP) is 2.10. The molecule has 6 nitrogen and oxygen atoms in total. The highest BCUT2D eigenvalue weighted by Crippen LogP contribution is 2.29. The first kappa shape index (κ1) is 17.0. The minimum atomic E-state index is -1.06. The van der Waals surface area contributed by atoms with E-state index < -0.39 is 17.8 Å². The number of aliphatic carboxylic acids is 1. The van der Waals surface area contributed by atoms with Gasteiger partial charge in [-0.15, -0.1) is 0 Å². The van der Waals surface area contributed by atoms with Gasteiger partial charge in [0.05, 0.1) is 7.11 Å². The van der Waals surface area contributed by atoms with Crippen LogP contribution >= 0.6 is 0 Å². The number of ether oxygens (including phenoxy) is 1. The Labute approximate surface area is 134 Å². The molecule has 0 amide bonds. The van der Waals surface area contributed by atoms with E-state index in [-0.39, 0.29) is 0 Å². The fourth-order valence-corrected chi connectivity index (χ4v) is 2.51. The number of rotatable bonds is 7. The van der Waals surface area contributed by atoms with Crippen molar-refractivity contribution < 1.29 is 19.0 Å². The molecule has 23 heavy (non-hydrogen) atoms. The van der Waals surface area contributed by atoms with Crippen molar-refractivity contribution in [3.05, 3.63) is 47.8 Å². The van der Waals surface area contributed by atoms with Crippen molar-refractivity contribution in [3.8, 4) is 5.75 Å². The van der Waals surface area contributed by atoms with Crippen LogP contribution in [0.2, 0.25) is 0 Å². The molecule has 2 aromatic rings. The van der Waals surface area contributed by atoms with Crippen LogP contribution in [0.1, 0.15) is 17.4 Å². The molecule has 1 unspecified atom stereocenters. The molecule has 0 fully saturated rings. The van der Waals surface area contributed by atoms with Crippen LogP contribution in [-0.2, 0) is 11.3 Å². The minimum absolute atomic E-state index is 0.296. The zero-order valence-electron chi connectivity index (χ0n) is 13.4. The Morgan fingerprint density at radius 2 is 2.26 bits per heavy atom. The molecule has 0 aliphatic heterocycles.